The highest BCUT2D eigenvalue weighted by atomic mass is 32.2. The third-order valence-electron chi connectivity index (χ3n) is 5.10. The van der Waals surface area contributed by atoms with Gasteiger partial charge in [-0.3, -0.25) is 0 Å². The molecule has 0 fully saturated rings. The Labute approximate surface area is 177 Å². The largest absolute Gasteiger partial charge is 0.308 e. The lowest BCUT2D eigenvalue weighted by Crippen LogP contribution is -2.14. The quantitative estimate of drug-likeness (QED) is 0.290. The zero-order valence-corrected chi connectivity index (χ0v) is 17.1. The molecule has 0 aliphatic carbocycles. The molecule has 1 aromatic heterocycles. The van der Waals surface area contributed by atoms with E-state index in [0.717, 1.165) is 21.8 Å². The molecule has 0 bridgehead atoms. The number of anilines is 3. The van der Waals surface area contributed by atoms with Gasteiger partial charge in [0.25, 0.3) is 0 Å². The van der Waals surface area contributed by atoms with E-state index in [-0.39, 0.29) is 0 Å². The third kappa shape index (κ3) is 2.84. The molecule has 0 atom stereocenters. The van der Waals surface area contributed by atoms with Crippen molar-refractivity contribution in [2.75, 3.05) is 4.90 Å². The minimum Gasteiger partial charge on any atom is -0.308 e. The molecule has 4 heteroatoms. The second kappa shape index (κ2) is 6.76. The number of fused-ring (bicyclic) bond motifs is 3. The van der Waals surface area contributed by atoms with Crippen LogP contribution in [-0.4, -0.2) is 4.98 Å². The highest BCUT2D eigenvalue weighted by Crippen LogP contribution is 2.51. The van der Waals surface area contributed by atoms with Crippen LogP contribution in [0.15, 0.2) is 107 Å². The summed E-state index contributed by atoms with van der Waals surface area (Å²) in [6.45, 7) is 0. The SMILES string of the molecule is c1ccc2c(c1)Sc1ccccc1N2c1ccc(-c2nc3ccccc3s2)cc1. The normalized spacial score (nSPS) is 12.6. The molecule has 1 aliphatic heterocycles. The van der Waals surface area contributed by atoms with Gasteiger partial charge in [0.2, 0.25) is 0 Å². The van der Waals surface area contributed by atoms with E-state index in [0.29, 0.717) is 0 Å². The lowest BCUT2D eigenvalue weighted by Gasteiger charge is -2.32. The van der Waals surface area contributed by atoms with Crippen molar-refractivity contribution in [2.45, 2.75) is 9.79 Å². The fourth-order valence-electron chi connectivity index (χ4n) is 3.73. The van der Waals surface area contributed by atoms with Gasteiger partial charge in [0.15, 0.2) is 0 Å². The van der Waals surface area contributed by atoms with Crippen LogP contribution in [0.4, 0.5) is 17.1 Å². The molecular weight excluding hydrogens is 392 g/mol. The Morgan fingerprint density at radius 3 is 1.93 bits per heavy atom. The zero-order valence-electron chi connectivity index (χ0n) is 15.4. The molecule has 6 rings (SSSR count). The van der Waals surface area contributed by atoms with Gasteiger partial charge < -0.3 is 4.90 Å². The van der Waals surface area contributed by atoms with E-state index < -0.39 is 0 Å². The van der Waals surface area contributed by atoms with Crippen molar-refractivity contribution in [3.8, 4) is 10.6 Å². The first-order chi connectivity index (χ1) is 14.4. The summed E-state index contributed by atoms with van der Waals surface area (Å²) in [7, 11) is 0. The van der Waals surface area contributed by atoms with E-state index in [1.54, 1.807) is 11.3 Å². The Balaban J connectivity index is 1.44. The van der Waals surface area contributed by atoms with Gasteiger partial charge in [-0.1, -0.05) is 48.2 Å². The molecule has 0 amide bonds. The molecule has 138 valence electrons. The Kier molecular flexibility index (Phi) is 3.93. The molecule has 29 heavy (non-hydrogen) atoms. The molecule has 4 aromatic carbocycles. The van der Waals surface area contributed by atoms with E-state index >= 15 is 0 Å². The topological polar surface area (TPSA) is 16.1 Å². The number of hydrogen-bond donors (Lipinski definition) is 0. The van der Waals surface area contributed by atoms with Gasteiger partial charge in [0.05, 0.1) is 21.6 Å². The number of benzene rings is 4. The van der Waals surface area contributed by atoms with Crippen LogP contribution in [0, 0.1) is 0 Å². The van der Waals surface area contributed by atoms with Crippen LogP contribution in [0.3, 0.4) is 0 Å². The molecule has 5 aromatic rings. The van der Waals surface area contributed by atoms with E-state index in [1.165, 1.54) is 25.9 Å². The van der Waals surface area contributed by atoms with E-state index in [1.807, 2.05) is 17.8 Å². The maximum Gasteiger partial charge on any atom is 0.124 e. The molecule has 0 unspecified atom stereocenters. The minimum absolute atomic E-state index is 1.06. The summed E-state index contributed by atoms with van der Waals surface area (Å²) < 4.78 is 1.22. The summed E-state index contributed by atoms with van der Waals surface area (Å²) in [6, 6.07) is 34.3. The Morgan fingerprint density at radius 2 is 1.24 bits per heavy atom. The van der Waals surface area contributed by atoms with Crippen molar-refractivity contribution in [2.24, 2.45) is 0 Å². The number of rotatable bonds is 2. The van der Waals surface area contributed by atoms with Gasteiger partial charge in [0.1, 0.15) is 5.01 Å². The summed E-state index contributed by atoms with van der Waals surface area (Å²) in [6.07, 6.45) is 0. The Morgan fingerprint density at radius 1 is 0.621 bits per heavy atom. The van der Waals surface area contributed by atoms with Crippen LogP contribution >= 0.6 is 23.1 Å². The second-order valence-corrected chi connectivity index (χ2v) is 9.02. The van der Waals surface area contributed by atoms with Crippen molar-refractivity contribution < 1.29 is 0 Å². The number of nitrogens with zero attached hydrogens (tertiary/aromatic N) is 2. The van der Waals surface area contributed by atoms with Crippen LogP contribution in [0.2, 0.25) is 0 Å². The summed E-state index contributed by atoms with van der Waals surface area (Å²) >= 11 is 3.57. The van der Waals surface area contributed by atoms with Crippen molar-refractivity contribution in [3.63, 3.8) is 0 Å². The highest BCUT2D eigenvalue weighted by Gasteiger charge is 2.24. The summed E-state index contributed by atoms with van der Waals surface area (Å²) in [5.74, 6) is 0. The van der Waals surface area contributed by atoms with Crippen molar-refractivity contribution in [1.82, 2.24) is 4.98 Å². The molecule has 0 saturated carbocycles. The van der Waals surface area contributed by atoms with Gasteiger partial charge in [-0.2, -0.15) is 0 Å². The fourth-order valence-corrected chi connectivity index (χ4v) is 5.76. The monoisotopic (exact) mass is 408 g/mol. The lowest BCUT2D eigenvalue weighted by atomic mass is 10.1. The predicted octanol–water partition coefficient (Wildman–Crippen LogP) is 7.90. The zero-order chi connectivity index (χ0) is 19.2. The van der Waals surface area contributed by atoms with Crippen molar-refractivity contribution in [1.29, 1.82) is 0 Å². The van der Waals surface area contributed by atoms with Crippen LogP contribution in [0.25, 0.3) is 20.8 Å². The first kappa shape index (κ1) is 16.8. The van der Waals surface area contributed by atoms with Crippen LogP contribution in [0.5, 0.6) is 0 Å². The molecule has 1 aliphatic rings. The first-order valence-electron chi connectivity index (χ1n) is 9.49. The Bertz CT molecular complexity index is 1260. The summed E-state index contributed by atoms with van der Waals surface area (Å²) in [5.41, 5.74) is 5.83. The molecule has 0 saturated heterocycles. The summed E-state index contributed by atoms with van der Waals surface area (Å²) in [4.78, 5) is 9.71. The average Bonchev–Trinajstić information content (AvgIpc) is 3.22. The van der Waals surface area contributed by atoms with Gasteiger partial charge in [-0.25, -0.2) is 4.98 Å². The number of para-hydroxylation sites is 3. The van der Waals surface area contributed by atoms with E-state index in [9.17, 15) is 0 Å². The van der Waals surface area contributed by atoms with Crippen molar-refractivity contribution >= 4 is 50.4 Å². The number of aromatic nitrogens is 1. The highest BCUT2D eigenvalue weighted by molar-refractivity contribution is 7.99. The van der Waals surface area contributed by atoms with Gasteiger partial charge in [-0.05, 0) is 60.7 Å². The average molecular weight is 409 g/mol. The number of hydrogen-bond acceptors (Lipinski definition) is 4. The van der Waals surface area contributed by atoms with Crippen LogP contribution in [0.1, 0.15) is 0 Å². The third-order valence-corrected chi connectivity index (χ3v) is 7.31. The maximum atomic E-state index is 4.80. The first-order valence-corrected chi connectivity index (χ1v) is 11.1. The van der Waals surface area contributed by atoms with E-state index in [2.05, 4.69) is 95.9 Å². The van der Waals surface area contributed by atoms with E-state index in [4.69, 9.17) is 4.98 Å². The van der Waals surface area contributed by atoms with Gasteiger partial charge in [0, 0.05) is 21.0 Å². The van der Waals surface area contributed by atoms with Gasteiger partial charge >= 0.3 is 0 Å². The second-order valence-electron chi connectivity index (χ2n) is 6.91. The smallest absolute Gasteiger partial charge is 0.124 e. The standard InChI is InChI=1S/C25H16N2S2/c1-4-10-22-19(7-1)26-25(29-22)17-13-15-18(16-14-17)27-20-8-2-5-11-23(20)28-24-12-6-3-9-21(24)27/h1-16H. The molecule has 0 N–H and O–H groups in total. The molecule has 2 heterocycles. The summed E-state index contributed by atoms with van der Waals surface area (Å²) in [5, 5.41) is 1.06. The molecule has 0 radical (unpaired) electrons. The van der Waals surface area contributed by atoms with Crippen molar-refractivity contribution in [3.05, 3.63) is 97.1 Å². The molecule has 0 spiro atoms. The Hall–Kier alpha value is -3.08. The molecular formula is C25H16N2S2. The molecule has 2 nitrogen and oxygen atoms in total. The van der Waals surface area contributed by atoms with Gasteiger partial charge in [-0.15, -0.1) is 11.3 Å². The maximum absolute atomic E-state index is 4.80. The van der Waals surface area contributed by atoms with Crippen LogP contribution < -0.4 is 4.90 Å². The minimum atomic E-state index is 1.06. The lowest BCUT2D eigenvalue weighted by molar-refractivity contribution is 1.17. The predicted molar refractivity (Wildman–Crippen MR) is 124 cm³/mol. The van der Waals surface area contributed by atoms with Crippen LogP contribution in [-0.2, 0) is 0 Å². The fraction of sp³-hybridized carbons (Fsp3) is 0. The number of thiazole rings is 1.